The molecule has 1 unspecified atom stereocenters. The van der Waals surface area contributed by atoms with Crippen LogP contribution in [-0.2, 0) is 4.79 Å². The van der Waals surface area contributed by atoms with Crippen LogP contribution in [0, 0.1) is 5.92 Å². The fourth-order valence-electron chi connectivity index (χ4n) is 1.49. The number of hydrogen-bond donors (Lipinski definition) is 2. The van der Waals surface area contributed by atoms with Gasteiger partial charge in [0.25, 0.3) is 5.91 Å². The van der Waals surface area contributed by atoms with Gasteiger partial charge in [-0.05, 0) is 18.1 Å². The number of alkyl halides is 3. The van der Waals surface area contributed by atoms with Crippen LogP contribution in [0.5, 0.6) is 0 Å². The first-order chi connectivity index (χ1) is 9.69. The largest absolute Gasteiger partial charge is 0.481 e. The molecular formula is C12H13F3N2O3S. The molecule has 0 aliphatic heterocycles. The van der Waals surface area contributed by atoms with Crippen molar-refractivity contribution in [3.05, 3.63) is 23.9 Å². The molecule has 1 aromatic rings. The van der Waals surface area contributed by atoms with Crippen molar-refractivity contribution in [3.8, 4) is 0 Å². The molecule has 2 N–H and O–H groups in total. The van der Waals surface area contributed by atoms with Crippen LogP contribution in [0.25, 0.3) is 0 Å². The van der Waals surface area contributed by atoms with E-state index in [1.54, 1.807) is 6.92 Å². The zero-order valence-electron chi connectivity index (χ0n) is 11.0. The van der Waals surface area contributed by atoms with Crippen LogP contribution in [0.1, 0.15) is 23.7 Å². The number of carboxylic acid groups (broad SMARTS) is 1. The van der Waals surface area contributed by atoms with E-state index in [-0.39, 0.29) is 24.4 Å². The number of rotatable bonds is 6. The Morgan fingerprint density at radius 3 is 2.71 bits per heavy atom. The molecule has 21 heavy (non-hydrogen) atoms. The van der Waals surface area contributed by atoms with Gasteiger partial charge in [0.2, 0.25) is 0 Å². The Morgan fingerprint density at radius 1 is 1.48 bits per heavy atom. The summed E-state index contributed by atoms with van der Waals surface area (Å²) >= 11 is -0.465. The van der Waals surface area contributed by atoms with Gasteiger partial charge in [-0.3, -0.25) is 9.59 Å². The van der Waals surface area contributed by atoms with Crippen LogP contribution in [-0.4, -0.2) is 34.0 Å². The van der Waals surface area contributed by atoms with Crippen LogP contribution in [0.4, 0.5) is 13.2 Å². The molecule has 1 aromatic heterocycles. The molecule has 0 aliphatic carbocycles. The van der Waals surface area contributed by atoms with E-state index in [1.807, 2.05) is 0 Å². The zero-order valence-corrected chi connectivity index (χ0v) is 11.8. The van der Waals surface area contributed by atoms with E-state index in [2.05, 4.69) is 10.3 Å². The van der Waals surface area contributed by atoms with Gasteiger partial charge in [0.15, 0.2) is 0 Å². The minimum Gasteiger partial charge on any atom is -0.481 e. The van der Waals surface area contributed by atoms with Gasteiger partial charge in [-0.15, -0.1) is 0 Å². The first kappa shape index (κ1) is 17.3. The molecule has 1 rings (SSSR count). The number of amides is 1. The van der Waals surface area contributed by atoms with Gasteiger partial charge in [0, 0.05) is 30.9 Å². The van der Waals surface area contributed by atoms with E-state index in [4.69, 9.17) is 5.11 Å². The summed E-state index contributed by atoms with van der Waals surface area (Å²) in [6.45, 7) is 1.67. The number of carbonyl (C=O) groups excluding carboxylic acids is 1. The molecule has 1 heterocycles. The fourth-order valence-corrected chi connectivity index (χ4v) is 2.09. The first-order valence-electron chi connectivity index (χ1n) is 5.90. The van der Waals surface area contributed by atoms with Crippen molar-refractivity contribution in [3.63, 3.8) is 0 Å². The summed E-state index contributed by atoms with van der Waals surface area (Å²) in [7, 11) is 0. The van der Waals surface area contributed by atoms with Crippen molar-refractivity contribution in [2.24, 2.45) is 5.92 Å². The van der Waals surface area contributed by atoms with E-state index in [1.165, 1.54) is 12.1 Å². The highest BCUT2D eigenvalue weighted by molar-refractivity contribution is 8.00. The third kappa shape index (κ3) is 6.48. The molecule has 116 valence electrons. The van der Waals surface area contributed by atoms with Crippen molar-refractivity contribution in [1.82, 2.24) is 10.3 Å². The number of aromatic nitrogens is 1. The minimum atomic E-state index is -4.54. The third-order valence-electron chi connectivity index (χ3n) is 2.36. The second kappa shape index (κ2) is 7.30. The Kier molecular flexibility index (Phi) is 6.01. The van der Waals surface area contributed by atoms with Crippen LogP contribution in [0.15, 0.2) is 23.4 Å². The number of aliphatic carboxylic acids is 1. The first-order valence-corrected chi connectivity index (χ1v) is 6.71. The van der Waals surface area contributed by atoms with Crippen molar-refractivity contribution < 1.29 is 27.9 Å². The highest BCUT2D eigenvalue weighted by Crippen LogP contribution is 2.37. The lowest BCUT2D eigenvalue weighted by Gasteiger charge is -2.12. The monoisotopic (exact) mass is 322 g/mol. The van der Waals surface area contributed by atoms with E-state index in [0.29, 0.717) is 0 Å². The number of thioether (sulfide) groups is 1. The second-order valence-corrected chi connectivity index (χ2v) is 5.37. The lowest BCUT2D eigenvalue weighted by molar-refractivity contribution is -0.137. The maximum atomic E-state index is 12.4. The summed E-state index contributed by atoms with van der Waals surface area (Å²) in [6.07, 6.45) is 1.02. The van der Waals surface area contributed by atoms with E-state index in [0.717, 1.165) is 6.20 Å². The molecule has 0 spiro atoms. The predicted octanol–water partition coefficient (Wildman–Crippen LogP) is 2.53. The molecule has 9 heteroatoms. The molecule has 0 radical (unpaired) electrons. The topological polar surface area (TPSA) is 79.3 Å². The Morgan fingerprint density at radius 2 is 2.14 bits per heavy atom. The molecule has 1 atom stereocenters. The Labute approximate surface area is 122 Å². The van der Waals surface area contributed by atoms with Crippen molar-refractivity contribution >= 4 is 23.6 Å². The molecule has 5 nitrogen and oxygen atoms in total. The van der Waals surface area contributed by atoms with Crippen LogP contribution in [0.2, 0.25) is 0 Å². The summed E-state index contributed by atoms with van der Waals surface area (Å²) in [5.41, 5.74) is -4.73. The average Bonchev–Trinajstić information content (AvgIpc) is 2.34. The number of hydrogen-bond acceptors (Lipinski definition) is 4. The molecular weight excluding hydrogens is 309 g/mol. The minimum absolute atomic E-state index is 0.0517. The highest BCUT2D eigenvalue weighted by Gasteiger charge is 2.32. The lowest BCUT2D eigenvalue weighted by Crippen LogP contribution is -2.29. The molecule has 0 fully saturated rings. The van der Waals surface area contributed by atoms with E-state index in [9.17, 15) is 22.8 Å². The number of carboxylic acids is 1. The molecule has 1 amide bonds. The summed E-state index contributed by atoms with van der Waals surface area (Å²) in [4.78, 5) is 25.9. The standard InChI is InChI=1S/C12H13F3N2O3S/c1-7(5-9(18)19)6-17-10(20)8-3-2-4-16-11(8)21-12(13,14)15/h2-4,7H,5-6H2,1H3,(H,17,20)(H,18,19). The van der Waals surface area contributed by atoms with Gasteiger partial charge < -0.3 is 10.4 Å². The molecule has 0 aliphatic rings. The maximum Gasteiger partial charge on any atom is 0.447 e. The van der Waals surface area contributed by atoms with E-state index < -0.39 is 34.2 Å². The van der Waals surface area contributed by atoms with Crippen molar-refractivity contribution in [2.45, 2.75) is 23.9 Å². The van der Waals surface area contributed by atoms with Gasteiger partial charge in [-0.2, -0.15) is 13.2 Å². The van der Waals surface area contributed by atoms with Crippen molar-refractivity contribution in [2.75, 3.05) is 6.54 Å². The lowest BCUT2D eigenvalue weighted by atomic mass is 10.1. The Hall–Kier alpha value is -1.77. The highest BCUT2D eigenvalue weighted by atomic mass is 32.2. The summed E-state index contributed by atoms with van der Waals surface area (Å²) in [5, 5.41) is 10.6. The quantitative estimate of drug-likeness (QED) is 0.787. The third-order valence-corrected chi connectivity index (χ3v) is 3.11. The maximum absolute atomic E-state index is 12.4. The van der Waals surface area contributed by atoms with E-state index >= 15 is 0 Å². The molecule has 0 bridgehead atoms. The zero-order chi connectivity index (χ0) is 16.0. The molecule has 0 saturated heterocycles. The van der Waals surface area contributed by atoms with Gasteiger partial charge in [-0.1, -0.05) is 6.92 Å². The number of nitrogens with zero attached hydrogens (tertiary/aromatic N) is 1. The van der Waals surface area contributed by atoms with Gasteiger partial charge in [0.1, 0.15) is 5.03 Å². The van der Waals surface area contributed by atoms with Gasteiger partial charge >= 0.3 is 11.5 Å². The normalized spacial score (nSPS) is 12.8. The molecule has 0 aromatic carbocycles. The van der Waals surface area contributed by atoms with Gasteiger partial charge in [0.05, 0.1) is 5.56 Å². The van der Waals surface area contributed by atoms with Crippen molar-refractivity contribution in [1.29, 1.82) is 0 Å². The van der Waals surface area contributed by atoms with Crippen LogP contribution >= 0.6 is 11.8 Å². The van der Waals surface area contributed by atoms with Crippen LogP contribution in [0.3, 0.4) is 0 Å². The number of carbonyl (C=O) groups is 2. The summed E-state index contributed by atoms with van der Waals surface area (Å²) in [6, 6.07) is 2.59. The van der Waals surface area contributed by atoms with Crippen LogP contribution < -0.4 is 5.32 Å². The summed E-state index contributed by atoms with van der Waals surface area (Å²) in [5.74, 6) is -2.06. The molecule has 0 saturated carbocycles. The smallest absolute Gasteiger partial charge is 0.447 e. The summed E-state index contributed by atoms with van der Waals surface area (Å²) < 4.78 is 37.1. The average molecular weight is 322 g/mol. The fraction of sp³-hybridized carbons (Fsp3) is 0.417. The predicted molar refractivity (Wildman–Crippen MR) is 69.9 cm³/mol. The number of pyridine rings is 1. The SMILES string of the molecule is CC(CNC(=O)c1cccnc1SC(F)(F)F)CC(=O)O. The number of nitrogens with one attached hydrogen (secondary N) is 1. The van der Waals surface area contributed by atoms with Gasteiger partial charge in [-0.25, -0.2) is 4.98 Å². The number of halogens is 3. The second-order valence-electron chi connectivity index (χ2n) is 4.32. The Balaban J connectivity index is 2.72. The Bertz CT molecular complexity index is 523.